The summed E-state index contributed by atoms with van der Waals surface area (Å²) in [5.74, 6) is -0.0868. The summed E-state index contributed by atoms with van der Waals surface area (Å²) in [6, 6.07) is 0. The van der Waals surface area contributed by atoms with E-state index in [4.69, 9.17) is 4.43 Å². The van der Waals surface area contributed by atoms with Crippen LogP contribution < -0.4 is 0 Å². The Hall–Kier alpha value is -0.163. The molecule has 4 heteroatoms. The van der Waals surface area contributed by atoms with Crippen molar-refractivity contribution in [1.82, 2.24) is 0 Å². The highest BCUT2D eigenvalue weighted by atomic mass is 28.4. The minimum atomic E-state index is -1.69. The molecule has 0 aromatic carbocycles. The molecule has 0 spiro atoms. The Labute approximate surface area is 137 Å². The standard InChI is InChI=1S/C18H36O3Si/c1-8-18(20)15(14-19)10-12-17(18,5)11-9-13-21-22(6,7)16(2,3)4/h8,15,19-20H,1,9-14H2,2-7H3/t15-,17+,18+/m0/s1. The number of rotatable bonds is 7. The third-order valence-corrected chi connectivity index (χ3v) is 10.8. The van der Waals surface area contributed by atoms with Crippen LogP contribution in [-0.4, -0.2) is 37.3 Å². The van der Waals surface area contributed by atoms with Crippen molar-refractivity contribution < 1.29 is 14.6 Å². The van der Waals surface area contributed by atoms with Crippen LogP contribution in [0.1, 0.15) is 53.4 Å². The lowest BCUT2D eigenvalue weighted by Gasteiger charge is -2.41. The first kappa shape index (κ1) is 19.9. The SMILES string of the molecule is C=C[C@@]1(O)[C@H](CO)CC[C@@]1(C)CCCO[Si](C)(C)C(C)(C)C. The van der Waals surface area contributed by atoms with Crippen LogP contribution in [0, 0.1) is 11.3 Å². The van der Waals surface area contributed by atoms with Crippen LogP contribution in [0.2, 0.25) is 18.1 Å². The Morgan fingerprint density at radius 3 is 2.41 bits per heavy atom. The van der Waals surface area contributed by atoms with Crippen molar-refractivity contribution >= 4 is 8.32 Å². The van der Waals surface area contributed by atoms with Crippen LogP contribution in [0.5, 0.6) is 0 Å². The van der Waals surface area contributed by atoms with Gasteiger partial charge in [0.1, 0.15) is 0 Å². The van der Waals surface area contributed by atoms with Crippen molar-refractivity contribution in [3.63, 3.8) is 0 Å². The third-order valence-electron chi connectivity index (χ3n) is 6.31. The van der Waals surface area contributed by atoms with E-state index in [1.165, 1.54) is 0 Å². The van der Waals surface area contributed by atoms with Crippen molar-refractivity contribution in [3.05, 3.63) is 12.7 Å². The maximum Gasteiger partial charge on any atom is 0.191 e. The summed E-state index contributed by atoms with van der Waals surface area (Å²) < 4.78 is 6.24. The largest absolute Gasteiger partial charge is 0.417 e. The van der Waals surface area contributed by atoms with Crippen molar-refractivity contribution in [1.29, 1.82) is 0 Å². The van der Waals surface area contributed by atoms with Crippen molar-refractivity contribution in [3.8, 4) is 0 Å². The van der Waals surface area contributed by atoms with Gasteiger partial charge in [-0.15, -0.1) is 6.58 Å². The molecule has 0 heterocycles. The van der Waals surface area contributed by atoms with E-state index in [9.17, 15) is 10.2 Å². The summed E-state index contributed by atoms with van der Waals surface area (Å²) in [6.45, 7) is 18.0. The minimum absolute atomic E-state index is 0.0264. The average molecular weight is 329 g/mol. The molecule has 0 aromatic rings. The number of aliphatic hydroxyl groups excluding tert-OH is 1. The fourth-order valence-corrected chi connectivity index (χ4v) is 4.47. The molecule has 22 heavy (non-hydrogen) atoms. The number of hydrogen-bond acceptors (Lipinski definition) is 3. The molecule has 0 unspecified atom stereocenters. The first-order chi connectivity index (χ1) is 9.93. The second-order valence-electron chi connectivity index (χ2n) is 8.72. The molecule has 0 aromatic heterocycles. The molecule has 0 bridgehead atoms. The zero-order chi connectivity index (χ0) is 17.2. The normalized spacial score (nSPS) is 33.2. The smallest absolute Gasteiger partial charge is 0.191 e. The molecule has 0 amide bonds. The highest BCUT2D eigenvalue weighted by Gasteiger charge is 2.54. The lowest BCUT2D eigenvalue weighted by atomic mass is 9.70. The van der Waals surface area contributed by atoms with Gasteiger partial charge in [0.25, 0.3) is 0 Å². The molecular weight excluding hydrogens is 292 g/mol. The van der Waals surface area contributed by atoms with Gasteiger partial charge in [0.15, 0.2) is 8.32 Å². The maximum atomic E-state index is 11.0. The van der Waals surface area contributed by atoms with Crippen LogP contribution in [-0.2, 0) is 4.43 Å². The second kappa shape index (κ2) is 6.76. The van der Waals surface area contributed by atoms with E-state index in [0.29, 0.717) is 0 Å². The van der Waals surface area contributed by atoms with Gasteiger partial charge < -0.3 is 14.6 Å². The molecule has 3 atom stereocenters. The van der Waals surface area contributed by atoms with Gasteiger partial charge in [0.05, 0.1) is 5.60 Å². The monoisotopic (exact) mass is 328 g/mol. The van der Waals surface area contributed by atoms with Crippen LogP contribution in [0.4, 0.5) is 0 Å². The summed E-state index contributed by atoms with van der Waals surface area (Å²) in [5, 5.41) is 20.7. The first-order valence-electron chi connectivity index (χ1n) is 8.54. The zero-order valence-electron chi connectivity index (χ0n) is 15.4. The van der Waals surface area contributed by atoms with Gasteiger partial charge in [-0.1, -0.05) is 33.8 Å². The molecule has 1 aliphatic rings. The van der Waals surface area contributed by atoms with Crippen LogP contribution in [0.3, 0.4) is 0 Å². The van der Waals surface area contributed by atoms with Crippen molar-refractivity contribution in [2.75, 3.05) is 13.2 Å². The van der Waals surface area contributed by atoms with Gasteiger partial charge in [-0.05, 0) is 43.8 Å². The van der Waals surface area contributed by atoms with Gasteiger partial charge in [-0.25, -0.2) is 0 Å². The Morgan fingerprint density at radius 2 is 1.95 bits per heavy atom. The molecule has 0 saturated heterocycles. The molecular formula is C18H36O3Si. The lowest BCUT2D eigenvalue weighted by Crippen LogP contribution is -2.46. The van der Waals surface area contributed by atoms with Gasteiger partial charge in [-0.3, -0.25) is 0 Å². The quantitative estimate of drug-likeness (QED) is 0.420. The summed E-state index contributed by atoms with van der Waals surface area (Å²) in [6.07, 6.45) is 5.28. The van der Waals surface area contributed by atoms with Gasteiger partial charge in [0.2, 0.25) is 0 Å². The minimum Gasteiger partial charge on any atom is -0.417 e. The zero-order valence-corrected chi connectivity index (χ0v) is 16.4. The van der Waals surface area contributed by atoms with E-state index < -0.39 is 13.9 Å². The summed E-state index contributed by atoms with van der Waals surface area (Å²) >= 11 is 0. The predicted molar refractivity (Wildman–Crippen MR) is 95.4 cm³/mol. The van der Waals surface area contributed by atoms with Crippen molar-refractivity contribution in [2.24, 2.45) is 11.3 Å². The van der Waals surface area contributed by atoms with Crippen LogP contribution in [0.15, 0.2) is 12.7 Å². The fraction of sp³-hybridized carbons (Fsp3) is 0.889. The molecule has 3 nitrogen and oxygen atoms in total. The molecule has 130 valence electrons. The molecule has 2 N–H and O–H groups in total. The second-order valence-corrected chi connectivity index (χ2v) is 13.5. The predicted octanol–water partition coefficient (Wildman–Crippen LogP) is 4.11. The van der Waals surface area contributed by atoms with Gasteiger partial charge >= 0.3 is 0 Å². The topological polar surface area (TPSA) is 49.7 Å². The van der Waals surface area contributed by atoms with E-state index in [0.717, 1.165) is 32.3 Å². The lowest BCUT2D eigenvalue weighted by molar-refractivity contribution is -0.0593. The summed E-state index contributed by atoms with van der Waals surface area (Å²) in [5.41, 5.74) is -1.17. The van der Waals surface area contributed by atoms with Crippen LogP contribution in [0.25, 0.3) is 0 Å². The molecule has 1 rings (SSSR count). The highest BCUT2D eigenvalue weighted by Crippen LogP contribution is 2.53. The average Bonchev–Trinajstić information content (AvgIpc) is 2.67. The molecule has 1 saturated carbocycles. The molecule has 1 fully saturated rings. The summed E-state index contributed by atoms with van der Waals surface area (Å²) in [4.78, 5) is 0. The fourth-order valence-electron chi connectivity index (χ4n) is 3.38. The van der Waals surface area contributed by atoms with E-state index >= 15 is 0 Å². The van der Waals surface area contributed by atoms with Crippen molar-refractivity contribution in [2.45, 2.75) is 77.1 Å². The molecule has 1 aliphatic carbocycles. The highest BCUT2D eigenvalue weighted by molar-refractivity contribution is 6.74. The van der Waals surface area contributed by atoms with E-state index in [2.05, 4.69) is 47.4 Å². The Bertz CT molecular complexity index is 388. The summed E-state index contributed by atoms with van der Waals surface area (Å²) in [7, 11) is -1.69. The van der Waals surface area contributed by atoms with Crippen LogP contribution >= 0.6 is 0 Å². The number of hydrogen-bond donors (Lipinski definition) is 2. The third kappa shape index (κ3) is 3.66. The molecule has 0 aliphatic heterocycles. The Balaban J connectivity index is 2.59. The van der Waals surface area contributed by atoms with Gasteiger partial charge in [0, 0.05) is 24.5 Å². The van der Waals surface area contributed by atoms with Gasteiger partial charge in [-0.2, -0.15) is 0 Å². The van der Waals surface area contributed by atoms with E-state index in [-0.39, 0.29) is 23.0 Å². The Kier molecular flexibility index (Phi) is 6.11. The van der Waals surface area contributed by atoms with E-state index in [1.54, 1.807) is 6.08 Å². The number of aliphatic hydroxyl groups is 2. The molecule has 0 radical (unpaired) electrons. The first-order valence-corrected chi connectivity index (χ1v) is 11.5. The van der Waals surface area contributed by atoms with E-state index in [1.807, 2.05) is 0 Å². The maximum absolute atomic E-state index is 11.0. The Morgan fingerprint density at radius 1 is 1.36 bits per heavy atom.